The van der Waals surface area contributed by atoms with Crippen LogP contribution in [-0.4, -0.2) is 22.0 Å². The lowest BCUT2D eigenvalue weighted by Crippen LogP contribution is -2.07. The minimum absolute atomic E-state index is 0.212. The van der Waals surface area contributed by atoms with Crippen LogP contribution in [0.2, 0.25) is 0 Å². The van der Waals surface area contributed by atoms with Crippen LogP contribution in [0.3, 0.4) is 0 Å². The average molecular weight is 286 g/mol. The quantitative estimate of drug-likeness (QED) is 0.939. The van der Waals surface area contributed by atoms with Gasteiger partial charge in [0.25, 0.3) is 0 Å². The number of rotatable bonds is 4. The first-order valence-electron chi connectivity index (χ1n) is 5.81. The number of aliphatic hydroxyl groups excluding tert-OH is 1. The maximum absolute atomic E-state index is 12.4. The Hall–Kier alpha value is -2.02. The molecule has 0 spiro atoms. The third-order valence-electron chi connectivity index (χ3n) is 2.84. The van der Waals surface area contributed by atoms with E-state index in [0.29, 0.717) is 17.0 Å². The topological polar surface area (TPSA) is 47.3 Å². The molecule has 0 aliphatic rings. The Morgan fingerprint density at radius 1 is 1.25 bits per heavy atom. The summed E-state index contributed by atoms with van der Waals surface area (Å²) in [5.41, 5.74) is 0.494. The number of aromatic nitrogens is 2. The molecule has 2 rings (SSSR count). The van der Waals surface area contributed by atoms with E-state index in [0.717, 1.165) is 12.1 Å². The molecule has 20 heavy (non-hydrogen) atoms. The molecule has 0 aliphatic heterocycles. The van der Waals surface area contributed by atoms with Crippen molar-refractivity contribution in [3.8, 4) is 5.88 Å². The zero-order valence-electron chi connectivity index (χ0n) is 10.7. The standard InChI is InChI=1S/C13H13F3N2O2/c1-20-12-10(8-19)6-17-18(12)7-9-2-4-11(5-3-9)13(14,15)16/h2-6,19H,7-8H2,1H3. The fourth-order valence-electron chi connectivity index (χ4n) is 1.84. The summed E-state index contributed by atoms with van der Waals surface area (Å²) in [6.07, 6.45) is -2.88. The highest BCUT2D eigenvalue weighted by Crippen LogP contribution is 2.29. The highest BCUT2D eigenvalue weighted by atomic mass is 19.4. The predicted octanol–water partition coefficient (Wildman–Crippen LogP) is 2.45. The number of hydrogen-bond donors (Lipinski definition) is 1. The average Bonchev–Trinajstić information content (AvgIpc) is 2.80. The van der Waals surface area contributed by atoms with Gasteiger partial charge in [0.1, 0.15) is 0 Å². The molecule has 4 nitrogen and oxygen atoms in total. The fraction of sp³-hybridized carbons (Fsp3) is 0.308. The highest BCUT2D eigenvalue weighted by Gasteiger charge is 2.29. The van der Waals surface area contributed by atoms with E-state index in [4.69, 9.17) is 9.84 Å². The van der Waals surface area contributed by atoms with E-state index in [1.807, 2.05) is 0 Å². The van der Waals surface area contributed by atoms with Crippen LogP contribution in [-0.2, 0) is 19.3 Å². The fourth-order valence-corrected chi connectivity index (χ4v) is 1.84. The summed E-state index contributed by atoms with van der Waals surface area (Å²) in [7, 11) is 1.44. The van der Waals surface area contributed by atoms with Gasteiger partial charge in [-0.15, -0.1) is 0 Å². The molecule has 0 aliphatic carbocycles. The molecule has 1 aromatic carbocycles. The summed E-state index contributed by atoms with van der Waals surface area (Å²) in [6.45, 7) is 0.0531. The van der Waals surface area contributed by atoms with Crippen LogP contribution in [0.4, 0.5) is 13.2 Å². The second kappa shape index (κ2) is 5.54. The van der Waals surface area contributed by atoms with Crippen LogP contribution in [0.25, 0.3) is 0 Å². The number of aliphatic hydroxyl groups is 1. The van der Waals surface area contributed by atoms with Gasteiger partial charge in [0, 0.05) is 0 Å². The Bertz CT molecular complexity index is 576. The van der Waals surface area contributed by atoms with E-state index < -0.39 is 11.7 Å². The van der Waals surface area contributed by atoms with Crippen LogP contribution in [0.5, 0.6) is 5.88 Å². The van der Waals surface area contributed by atoms with Gasteiger partial charge in [-0.05, 0) is 17.7 Å². The maximum atomic E-state index is 12.4. The van der Waals surface area contributed by atoms with E-state index in [9.17, 15) is 13.2 Å². The third kappa shape index (κ3) is 2.93. The SMILES string of the molecule is COc1c(CO)cnn1Cc1ccc(C(F)(F)F)cc1. The number of benzene rings is 1. The molecule has 0 saturated carbocycles. The van der Waals surface area contributed by atoms with Gasteiger partial charge < -0.3 is 9.84 Å². The lowest BCUT2D eigenvalue weighted by molar-refractivity contribution is -0.137. The first-order valence-corrected chi connectivity index (χ1v) is 5.81. The van der Waals surface area contributed by atoms with E-state index in [-0.39, 0.29) is 13.2 Å². The minimum Gasteiger partial charge on any atom is -0.481 e. The smallest absolute Gasteiger partial charge is 0.416 e. The molecule has 0 amide bonds. The zero-order chi connectivity index (χ0) is 14.8. The first-order chi connectivity index (χ1) is 9.45. The van der Waals surface area contributed by atoms with Crippen molar-refractivity contribution in [2.24, 2.45) is 0 Å². The number of ether oxygens (including phenoxy) is 1. The maximum Gasteiger partial charge on any atom is 0.416 e. The van der Waals surface area contributed by atoms with Crippen LogP contribution in [0, 0.1) is 0 Å². The van der Waals surface area contributed by atoms with E-state index >= 15 is 0 Å². The Labute approximate surface area is 113 Å². The molecule has 0 radical (unpaired) electrons. The number of hydrogen-bond acceptors (Lipinski definition) is 3. The van der Waals surface area contributed by atoms with E-state index in [2.05, 4.69) is 5.10 Å². The normalized spacial score (nSPS) is 11.7. The largest absolute Gasteiger partial charge is 0.481 e. The molecule has 0 bridgehead atoms. The molecule has 0 saturated heterocycles. The van der Waals surface area contributed by atoms with Crippen LogP contribution in [0.15, 0.2) is 30.5 Å². The van der Waals surface area contributed by atoms with Crippen LogP contribution in [0.1, 0.15) is 16.7 Å². The molecular weight excluding hydrogens is 273 g/mol. The van der Waals surface area contributed by atoms with Gasteiger partial charge in [0.2, 0.25) is 5.88 Å². The van der Waals surface area contributed by atoms with Crippen molar-refractivity contribution < 1.29 is 23.0 Å². The summed E-state index contributed by atoms with van der Waals surface area (Å²) < 4.78 is 43.9. The molecule has 0 unspecified atom stereocenters. The van der Waals surface area contributed by atoms with Crippen molar-refractivity contribution in [1.82, 2.24) is 9.78 Å². The predicted molar refractivity (Wildman–Crippen MR) is 65.2 cm³/mol. The van der Waals surface area contributed by atoms with Gasteiger partial charge >= 0.3 is 6.18 Å². The monoisotopic (exact) mass is 286 g/mol. The lowest BCUT2D eigenvalue weighted by Gasteiger charge is -2.09. The summed E-state index contributed by atoms with van der Waals surface area (Å²) in [6, 6.07) is 4.83. The molecule has 1 heterocycles. The molecule has 1 N–H and O–H groups in total. The Balaban J connectivity index is 2.20. The number of halogens is 3. The van der Waals surface area contributed by atoms with Crippen molar-refractivity contribution in [1.29, 1.82) is 0 Å². The van der Waals surface area contributed by atoms with Gasteiger partial charge in [0.15, 0.2) is 0 Å². The lowest BCUT2D eigenvalue weighted by atomic mass is 10.1. The van der Waals surface area contributed by atoms with Crippen molar-refractivity contribution in [2.45, 2.75) is 19.3 Å². The first kappa shape index (κ1) is 14.4. The summed E-state index contributed by atoms with van der Waals surface area (Å²) in [4.78, 5) is 0. The van der Waals surface area contributed by atoms with E-state index in [1.54, 1.807) is 0 Å². The van der Waals surface area contributed by atoms with Crippen LogP contribution < -0.4 is 4.74 Å². The van der Waals surface area contributed by atoms with Crippen molar-refractivity contribution in [3.05, 3.63) is 47.2 Å². The highest BCUT2D eigenvalue weighted by molar-refractivity contribution is 5.27. The third-order valence-corrected chi connectivity index (χ3v) is 2.84. The van der Waals surface area contributed by atoms with Crippen molar-refractivity contribution in [2.75, 3.05) is 7.11 Å². The number of methoxy groups -OCH3 is 1. The minimum atomic E-state index is -4.34. The second-order valence-electron chi connectivity index (χ2n) is 4.19. The molecular formula is C13H13F3N2O2. The molecule has 2 aromatic rings. The van der Waals surface area contributed by atoms with Gasteiger partial charge in [-0.3, -0.25) is 0 Å². The van der Waals surface area contributed by atoms with E-state index in [1.165, 1.54) is 30.1 Å². The van der Waals surface area contributed by atoms with Crippen LogP contribution >= 0.6 is 0 Å². The molecule has 7 heteroatoms. The van der Waals surface area contributed by atoms with Gasteiger partial charge in [-0.2, -0.15) is 18.3 Å². The molecule has 1 aromatic heterocycles. The zero-order valence-corrected chi connectivity index (χ0v) is 10.7. The van der Waals surface area contributed by atoms with Crippen molar-refractivity contribution in [3.63, 3.8) is 0 Å². The Kier molecular flexibility index (Phi) is 3.99. The Morgan fingerprint density at radius 2 is 1.90 bits per heavy atom. The number of nitrogens with zero attached hydrogens (tertiary/aromatic N) is 2. The van der Waals surface area contributed by atoms with Gasteiger partial charge in [0.05, 0.1) is 37.6 Å². The second-order valence-corrected chi connectivity index (χ2v) is 4.19. The molecule has 108 valence electrons. The molecule has 0 atom stereocenters. The van der Waals surface area contributed by atoms with Gasteiger partial charge in [-0.1, -0.05) is 12.1 Å². The summed E-state index contributed by atoms with van der Waals surface area (Å²) in [5, 5.41) is 13.1. The molecule has 0 fully saturated rings. The summed E-state index contributed by atoms with van der Waals surface area (Å²) in [5.74, 6) is 0.396. The summed E-state index contributed by atoms with van der Waals surface area (Å²) >= 11 is 0. The number of alkyl halides is 3. The van der Waals surface area contributed by atoms with Crippen molar-refractivity contribution >= 4 is 0 Å². The van der Waals surface area contributed by atoms with Gasteiger partial charge in [-0.25, -0.2) is 4.68 Å². The Morgan fingerprint density at radius 3 is 2.40 bits per heavy atom.